The van der Waals surface area contributed by atoms with E-state index in [4.69, 9.17) is 9.57 Å². The molecule has 1 aliphatic heterocycles. The lowest BCUT2D eigenvalue weighted by Gasteiger charge is -2.32. The van der Waals surface area contributed by atoms with E-state index in [-0.39, 0.29) is 18.8 Å². The maximum absolute atomic E-state index is 13.1. The van der Waals surface area contributed by atoms with Gasteiger partial charge in [-0.2, -0.15) is 5.06 Å². The van der Waals surface area contributed by atoms with Gasteiger partial charge >= 0.3 is 6.09 Å². The van der Waals surface area contributed by atoms with Gasteiger partial charge in [0.1, 0.15) is 6.61 Å². The van der Waals surface area contributed by atoms with Gasteiger partial charge in [0.2, 0.25) is 0 Å². The molecule has 0 spiro atoms. The number of Topliss-reactive ketones (excluding diaryl/α,β-unsaturated/α-hetero) is 1. The minimum atomic E-state index is -1.15. The molecule has 0 aliphatic carbocycles. The number of ether oxygens (including phenoxy) is 1. The van der Waals surface area contributed by atoms with Crippen LogP contribution >= 0.6 is 0 Å². The summed E-state index contributed by atoms with van der Waals surface area (Å²) in [6.07, 6.45) is -0.0710. The Hall–Kier alpha value is -2.66. The Morgan fingerprint density at radius 2 is 1.67 bits per heavy atom. The zero-order chi connectivity index (χ0) is 17.0. The van der Waals surface area contributed by atoms with E-state index in [1.807, 2.05) is 60.7 Å². The molecule has 1 heterocycles. The molecule has 1 amide bonds. The third-order valence-electron chi connectivity index (χ3n) is 4.24. The first-order chi connectivity index (χ1) is 11.7. The first-order valence-corrected chi connectivity index (χ1v) is 7.78. The quantitative estimate of drug-likeness (QED) is 0.819. The van der Waals surface area contributed by atoms with E-state index in [9.17, 15) is 9.59 Å². The van der Waals surface area contributed by atoms with Crippen LogP contribution in [0.4, 0.5) is 4.79 Å². The average molecular weight is 325 g/mol. The number of amides is 1. The number of rotatable bonds is 6. The second kappa shape index (κ2) is 6.84. The number of carbonyl (C=O) groups excluding carboxylic acids is 2. The Morgan fingerprint density at radius 1 is 1.08 bits per heavy atom. The van der Waals surface area contributed by atoms with Crippen molar-refractivity contribution in [1.29, 1.82) is 0 Å². The van der Waals surface area contributed by atoms with Crippen molar-refractivity contribution in [3.63, 3.8) is 0 Å². The topological polar surface area (TPSA) is 55.8 Å². The zero-order valence-corrected chi connectivity index (χ0v) is 13.5. The van der Waals surface area contributed by atoms with Crippen LogP contribution in [-0.2, 0) is 27.2 Å². The molecule has 124 valence electrons. The van der Waals surface area contributed by atoms with Crippen LogP contribution in [-0.4, -0.2) is 36.2 Å². The summed E-state index contributed by atoms with van der Waals surface area (Å²) in [6, 6.07) is 19.0. The van der Waals surface area contributed by atoms with Gasteiger partial charge in [-0.25, -0.2) is 4.79 Å². The lowest BCUT2D eigenvalue weighted by Crippen LogP contribution is -2.55. The van der Waals surface area contributed by atoms with Gasteiger partial charge in [0, 0.05) is 12.8 Å². The summed E-state index contributed by atoms with van der Waals surface area (Å²) in [5, 5.41) is 1.07. The monoisotopic (exact) mass is 325 g/mol. The van der Waals surface area contributed by atoms with Gasteiger partial charge in [0.25, 0.3) is 0 Å². The van der Waals surface area contributed by atoms with Gasteiger partial charge < -0.3 is 4.74 Å². The fourth-order valence-corrected chi connectivity index (χ4v) is 3.02. The van der Waals surface area contributed by atoms with Crippen molar-refractivity contribution in [3.05, 3.63) is 71.8 Å². The van der Waals surface area contributed by atoms with Crippen LogP contribution in [0.15, 0.2) is 60.7 Å². The number of hydrogen-bond donors (Lipinski definition) is 0. The normalized spacial score (nSPS) is 20.0. The standard InChI is InChI=1S/C19H19NO4/c1-23-20-18(22)24-14-19(20,13-16-10-6-3-7-11-16)17(21)12-15-8-4-2-5-9-15/h2-11H,12-14H2,1H3/t19-/m1/s1. The van der Waals surface area contributed by atoms with E-state index in [0.717, 1.165) is 16.2 Å². The van der Waals surface area contributed by atoms with Crippen molar-refractivity contribution >= 4 is 11.9 Å². The molecule has 2 aromatic carbocycles. The molecule has 0 saturated carbocycles. The van der Waals surface area contributed by atoms with Crippen LogP contribution in [0.3, 0.4) is 0 Å². The van der Waals surface area contributed by atoms with E-state index in [1.54, 1.807) is 0 Å². The van der Waals surface area contributed by atoms with Crippen LogP contribution < -0.4 is 0 Å². The predicted octanol–water partition coefficient (Wildman–Crippen LogP) is 2.79. The summed E-state index contributed by atoms with van der Waals surface area (Å²) in [5.74, 6) is -0.106. The van der Waals surface area contributed by atoms with E-state index < -0.39 is 11.6 Å². The van der Waals surface area contributed by atoms with Crippen molar-refractivity contribution < 1.29 is 19.2 Å². The molecule has 0 aromatic heterocycles. The van der Waals surface area contributed by atoms with Crippen LogP contribution in [0.25, 0.3) is 0 Å². The Labute approximate surface area is 140 Å². The van der Waals surface area contributed by atoms with Gasteiger partial charge in [-0.05, 0) is 11.1 Å². The maximum atomic E-state index is 13.1. The van der Waals surface area contributed by atoms with E-state index in [1.165, 1.54) is 7.11 Å². The molecule has 5 heteroatoms. The molecule has 1 saturated heterocycles. The summed E-state index contributed by atoms with van der Waals surface area (Å²) in [6.45, 7) is -0.0137. The number of carbonyl (C=O) groups is 2. The van der Waals surface area contributed by atoms with E-state index in [2.05, 4.69) is 0 Å². The maximum Gasteiger partial charge on any atom is 0.435 e. The van der Waals surface area contributed by atoms with Crippen LogP contribution in [0.5, 0.6) is 0 Å². The molecular weight excluding hydrogens is 306 g/mol. The molecule has 1 atom stereocenters. The SMILES string of the molecule is CON1C(=O)OC[C@]1(Cc1ccccc1)C(=O)Cc1ccccc1. The van der Waals surface area contributed by atoms with E-state index >= 15 is 0 Å². The molecule has 1 aliphatic rings. The highest BCUT2D eigenvalue weighted by Crippen LogP contribution is 2.31. The summed E-state index contributed by atoms with van der Waals surface area (Å²) >= 11 is 0. The van der Waals surface area contributed by atoms with Crippen LogP contribution in [0, 0.1) is 0 Å². The molecular formula is C19H19NO4. The molecule has 0 N–H and O–H groups in total. The van der Waals surface area contributed by atoms with Gasteiger partial charge in [-0.3, -0.25) is 9.63 Å². The van der Waals surface area contributed by atoms with Crippen LogP contribution in [0.2, 0.25) is 0 Å². The van der Waals surface area contributed by atoms with Gasteiger partial charge in [-0.1, -0.05) is 60.7 Å². The lowest BCUT2D eigenvalue weighted by atomic mass is 9.84. The average Bonchev–Trinajstić information content (AvgIpc) is 2.93. The number of hydrogen-bond acceptors (Lipinski definition) is 4. The second-order valence-electron chi connectivity index (χ2n) is 5.81. The third-order valence-corrected chi connectivity index (χ3v) is 4.24. The Kier molecular flexibility index (Phi) is 4.62. The van der Waals surface area contributed by atoms with Gasteiger partial charge in [-0.15, -0.1) is 0 Å². The number of cyclic esters (lactones) is 1. The Bertz CT molecular complexity index is 717. The van der Waals surface area contributed by atoms with Crippen molar-refractivity contribution in [2.75, 3.05) is 13.7 Å². The summed E-state index contributed by atoms with van der Waals surface area (Å²) < 4.78 is 5.14. The highest BCUT2D eigenvalue weighted by molar-refractivity contribution is 5.95. The second-order valence-corrected chi connectivity index (χ2v) is 5.81. The van der Waals surface area contributed by atoms with Crippen molar-refractivity contribution in [2.24, 2.45) is 0 Å². The van der Waals surface area contributed by atoms with Gasteiger partial charge in [0.15, 0.2) is 11.3 Å². The van der Waals surface area contributed by atoms with Crippen molar-refractivity contribution in [1.82, 2.24) is 5.06 Å². The zero-order valence-electron chi connectivity index (χ0n) is 13.5. The van der Waals surface area contributed by atoms with Crippen LogP contribution in [0.1, 0.15) is 11.1 Å². The molecule has 5 nitrogen and oxygen atoms in total. The predicted molar refractivity (Wildman–Crippen MR) is 88.2 cm³/mol. The smallest absolute Gasteiger partial charge is 0.435 e. The summed E-state index contributed by atoms with van der Waals surface area (Å²) in [7, 11) is 1.38. The van der Waals surface area contributed by atoms with Crippen molar-refractivity contribution in [3.8, 4) is 0 Å². The molecule has 1 fully saturated rings. The molecule has 24 heavy (non-hydrogen) atoms. The number of benzene rings is 2. The fourth-order valence-electron chi connectivity index (χ4n) is 3.02. The highest BCUT2D eigenvalue weighted by atomic mass is 16.7. The minimum Gasteiger partial charge on any atom is -0.445 e. The fraction of sp³-hybridized carbons (Fsp3) is 0.263. The minimum absolute atomic E-state index is 0.0137. The molecule has 0 radical (unpaired) electrons. The van der Waals surface area contributed by atoms with Crippen molar-refractivity contribution in [2.45, 2.75) is 18.4 Å². The summed E-state index contributed by atoms with van der Waals surface area (Å²) in [4.78, 5) is 30.3. The lowest BCUT2D eigenvalue weighted by molar-refractivity contribution is -0.161. The summed E-state index contributed by atoms with van der Waals surface area (Å²) in [5.41, 5.74) is 0.688. The molecule has 3 rings (SSSR count). The highest BCUT2D eigenvalue weighted by Gasteiger charge is 2.53. The van der Waals surface area contributed by atoms with Gasteiger partial charge in [0.05, 0.1) is 7.11 Å². The largest absolute Gasteiger partial charge is 0.445 e. The first-order valence-electron chi connectivity index (χ1n) is 7.78. The number of ketones is 1. The number of nitrogens with zero attached hydrogens (tertiary/aromatic N) is 1. The molecule has 2 aromatic rings. The Morgan fingerprint density at radius 3 is 2.25 bits per heavy atom. The third kappa shape index (κ3) is 3.03. The first kappa shape index (κ1) is 16.2. The number of hydroxylamine groups is 2. The molecule has 0 bridgehead atoms. The molecule has 0 unspecified atom stereocenters. The Balaban J connectivity index is 1.93. The van der Waals surface area contributed by atoms with E-state index in [0.29, 0.717) is 6.42 Å².